The van der Waals surface area contributed by atoms with Crippen molar-refractivity contribution in [2.24, 2.45) is 0 Å². The van der Waals surface area contributed by atoms with Gasteiger partial charge in [-0.1, -0.05) is 26.6 Å². The summed E-state index contributed by atoms with van der Waals surface area (Å²) in [6.45, 7) is 9.41. The van der Waals surface area contributed by atoms with Gasteiger partial charge >= 0.3 is 0 Å². The Kier molecular flexibility index (Phi) is 2.49. The van der Waals surface area contributed by atoms with Crippen molar-refractivity contribution in [1.82, 2.24) is 0 Å². The van der Waals surface area contributed by atoms with Crippen molar-refractivity contribution in [2.75, 3.05) is 0 Å². The largest absolute Gasteiger partial charge is 0.137 e. The van der Waals surface area contributed by atoms with E-state index in [0.29, 0.717) is 0 Å². The van der Waals surface area contributed by atoms with Gasteiger partial charge in [-0.2, -0.15) is 0 Å². The van der Waals surface area contributed by atoms with Crippen LogP contribution in [-0.4, -0.2) is 13.4 Å². The van der Waals surface area contributed by atoms with Gasteiger partial charge in [0.25, 0.3) is 0 Å². The summed E-state index contributed by atoms with van der Waals surface area (Å²) in [4.78, 5) is 0. The van der Waals surface area contributed by atoms with Gasteiger partial charge in [0.1, 0.15) is 0 Å². The first-order chi connectivity index (χ1) is 2.94. The standard InChI is InChI=1S/C5H15PSi/c1-5(6)7(2,3)4/h5H,6H2,1-4H3. The van der Waals surface area contributed by atoms with Gasteiger partial charge in [0.15, 0.2) is 0 Å². The van der Waals surface area contributed by atoms with Crippen molar-refractivity contribution in [1.29, 1.82) is 0 Å². The molecule has 0 spiro atoms. The maximum atomic E-state index is 2.86. The van der Waals surface area contributed by atoms with Crippen LogP contribution in [0.25, 0.3) is 0 Å². The maximum Gasteiger partial charge on any atom is 0.0509 e. The van der Waals surface area contributed by atoms with Gasteiger partial charge in [-0.3, -0.25) is 0 Å². The second-order valence-corrected chi connectivity index (χ2v) is 10.5. The smallest absolute Gasteiger partial charge is 0.0509 e. The molecular formula is C5H15PSi. The number of rotatable bonds is 1. The van der Waals surface area contributed by atoms with Gasteiger partial charge in [-0.05, 0) is 5.28 Å². The highest BCUT2D eigenvalue weighted by Gasteiger charge is 2.16. The Balaban J connectivity index is 3.54. The predicted octanol–water partition coefficient (Wildman–Crippen LogP) is 2.13. The van der Waals surface area contributed by atoms with E-state index in [2.05, 4.69) is 35.8 Å². The molecule has 0 rings (SSSR count). The van der Waals surface area contributed by atoms with Crippen LogP contribution in [0.2, 0.25) is 19.6 Å². The first kappa shape index (κ1) is 7.65. The van der Waals surface area contributed by atoms with Gasteiger partial charge < -0.3 is 0 Å². The van der Waals surface area contributed by atoms with Crippen LogP contribution in [-0.2, 0) is 0 Å². The SMILES string of the molecule is CC(P)[Si](C)(C)C. The van der Waals surface area contributed by atoms with Crippen molar-refractivity contribution >= 4 is 17.3 Å². The molecule has 2 unspecified atom stereocenters. The topological polar surface area (TPSA) is 0 Å². The molecule has 2 heteroatoms. The van der Waals surface area contributed by atoms with Crippen molar-refractivity contribution in [3.63, 3.8) is 0 Å². The Morgan fingerprint density at radius 3 is 1.43 bits per heavy atom. The Hall–Kier alpha value is 0.647. The first-order valence-corrected chi connectivity index (χ1v) is 6.94. The van der Waals surface area contributed by atoms with E-state index in [0.717, 1.165) is 5.28 Å². The molecule has 0 fully saturated rings. The van der Waals surface area contributed by atoms with Crippen LogP contribution < -0.4 is 0 Å². The van der Waals surface area contributed by atoms with Gasteiger partial charge in [-0.25, -0.2) is 0 Å². The van der Waals surface area contributed by atoms with E-state index in [1.54, 1.807) is 0 Å². The minimum atomic E-state index is -0.772. The lowest BCUT2D eigenvalue weighted by molar-refractivity contribution is 1.29. The maximum absolute atomic E-state index is 2.86. The summed E-state index contributed by atoms with van der Waals surface area (Å²) in [6.07, 6.45) is 0. The third kappa shape index (κ3) is 3.25. The van der Waals surface area contributed by atoms with Crippen LogP contribution in [0.15, 0.2) is 0 Å². The van der Waals surface area contributed by atoms with E-state index in [1.807, 2.05) is 0 Å². The summed E-state index contributed by atoms with van der Waals surface area (Å²) < 4.78 is 0. The van der Waals surface area contributed by atoms with Crippen LogP contribution in [0, 0.1) is 0 Å². The Labute approximate surface area is 49.9 Å². The molecule has 0 saturated heterocycles. The molecule has 0 aromatic heterocycles. The second kappa shape index (κ2) is 2.28. The summed E-state index contributed by atoms with van der Waals surface area (Å²) in [6, 6.07) is 0. The average Bonchev–Trinajstić information content (AvgIpc) is 1.31. The van der Waals surface area contributed by atoms with Crippen molar-refractivity contribution in [3.05, 3.63) is 0 Å². The normalized spacial score (nSPS) is 16.7. The van der Waals surface area contributed by atoms with E-state index in [-0.39, 0.29) is 0 Å². The molecule has 0 saturated carbocycles. The summed E-state index contributed by atoms with van der Waals surface area (Å²) in [5.41, 5.74) is 0. The minimum absolute atomic E-state index is 0.772. The first-order valence-electron chi connectivity index (χ1n) is 2.70. The molecule has 0 aromatic carbocycles. The van der Waals surface area contributed by atoms with E-state index in [4.69, 9.17) is 0 Å². The summed E-state index contributed by atoms with van der Waals surface area (Å²) in [5, 5.41) is 0.854. The van der Waals surface area contributed by atoms with Crippen LogP contribution in [0.3, 0.4) is 0 Å². The van der Waals surface area contributed by atoms with Gasteiger partial charge in [-0.15, -0.1) is 9.24 Å². The Bertz CT molecular complexity index is 53.6. The molecule has 0 amide bonds. The van der Waals surface area contributed by atoms with Crippen LogP contribution in [0.1, 0.15) is 6.92 Å². The molecule has 0 aliphatic carbocycles. The quantitative estimate of drug-likeness (QED) is 0.380. The summed E-state index contributed by atoms with van der Waals surface area (Å²) in [7, 11) is 2.09. The molecule has 0 aromatic rings. The second-order valence-electron chi connectivity index (χ2n) is 3.15. The molecule has 0 heterocycles. The Morgan fingerprint density at radius 2 is 1.43 bits per heavy atom. The van der Waals surface area contributed by atoms with Crippen molar-refractivity contribution in [3.8, 4) is 0 Å². The summed E-state index contributed by atoms with van der Waals surface area (Å²) in [5.74, 6) is 0. The van der Waals surface area contributed by atoms with E-state index in [9.17, 15) is 0 Å². The fourth-order valence-electron chi connectivity index (χ4n) is 0. The predicted molar refractivity (Wildman–Crippen MR) is 42.5 cm³/mol. The molecule has 0 N–H and O–H groups in total. The molecule has 0 radical (unpaired) electrons. The van der Waals surface area contributed by atoms with E-state index in [1.165, 1.54) is 0 Å². The third-order valence-corrected chi connectivity index (χ3v) is 7.10. The van der Waals surface area contributed by atoms with Gasteiger partial charge in [0.05, 0.1) is 8.07 Å². The zero-order valence-corrected chi connectivity index (χ0v) is 7.81. The highest BCUT2D eigenvalue weighted by Crippen LogP contribution is 2.14. The molecule has 0 aliphatic heterocycles. The van der Waals surface area contributed by atoms with Crippen LogP contribution in [0.5, 0.6) is 0 Å². The van der Waals surface area contributed by atoms with E-state index >= 15 is 0 Å². The zero-order chi connectivity index (χ0) is 6.08. The Morgan fingerprint density at radius 1 is 1.29 bits per heavy atom. The zero-order valence-electron chi connectivity index (χ0n) is 5.65. The highest BCUT2D eigenvalue weighted by atomic mass is 31.0. The summed E-state index contributed by atoms with van der Waals surface area (Å²) >= 11 is 0. The molecule has 0 bridgehead atoms. The van der Waals surface area contributed by atoms with Crippen molar-refractivity contribution in [2.45, 2.75) is 31.8 Å². The molecule has 44 valence electrons. The lowest BCUT2D eigenvalue weighted by Gasteiger charge is -2.19. The molecule has 2 atom stereocenters. The average molecular weight is 134 g/mol. The van der Waals surface area contributed by atoms with Crippen LogP contribution in [0.4, 0.5) is 0 Å². The third-order valence-electron chi connectivity index (χ3n) is 1.37. The minimum Gasteiger partial charge on any atom is -0.137 e. The van der Waals surface area contributed by atoms with Crippen LogP contribution >= 0.6 is 9.24 Å². The highest BCUT2D eigenvalue weighted by molar-refractivity contribution is 7.24. The fraction of sp³-hybridized carbons (Fsp3) is 1.00. The lowest BCUT2D eigenvalue weighted by Crippen LogP contribution is -2.30. The fourth-order valence-corrected chi connectivity index (χ4v) is 0. The number of hydrogen-bond donors (Lipinski definition) is 0. The lowest BCUT2D eigenvalue weighted by atomic mass is 10.9. The van der Waals surface area contributed by atoms with Gasteiger partial charge in [0.2, 0.25) is 0 Å². The molecule has 0 aliphatic rings. The monoisotopic (exact) mass is 134 g/mol. The van der Waals surface area contributed by atoms with Gasteiger partial charge in [0, 0.05) is 0 Å². The number of hydrogen-bond acceptors (Lipinski definition) is 0. The molecule has 0 nitrogen and oxygen atoms in total. The molecule has 7 heavy (non-hydrogen) atoms. The van der Waals surface area contributed by atoms with E-state index < -0.39 is 8.07 Å². The van der Waals surface area contributed by atoms with Crippen molar-refractivity contribution < 1.29 is 0 Å². The molecular weight excluding hydrogens is 119 g/mol.